The number of benzene rings is 1. The number of hydrogen-bond donors (Lipinski definition) is 0. The molecule has 2 rings (SSSR count). The number of Topliss-reactive ketones (excluding diaryl/α,β-unsaturated/α-hetero) is 1. The summed E-state index contributed by atoms with van der Waals surface area (Å²) in [6.45, 7) is 8.32. The largest absolute Gasteiger partial charge is 0.367 e. The molecule has 3 heteroatoms. The third-order valence-corrected chi connectivity index (χ3v) is 3.67. The van der Waals surface area contributed by atoms with E-state index in [1.807, 2.05) is 27.0 Å². The van der Waals surface area contributed by atoms with E-state index in [2.05, 4.69) is 17.9 Å². The predicted octanol–water partition coefficient (Wildman–Crippen LogP) is 2.13. The highest BCUT2D eigenvalue weighted by atomic mass is 16.5. The highest BCUT2D eigenvalue weighted by Crippen LogP contribution is 2.19. The first kappa shape index (κ1) is 13.2. The molecule has 1 aromatic carbocycles. The molecule has 0 spiro atoms. The van der Waals surface area contributed by atoms with Crippen molar-refractivity contribution in [1.82, 2.24) is 4.90 Å². The number of ketones is 1. The molecule has 0 saturated carbocycles. The molecule has 3 nitrogen and oxygen atoms in total. The highest BCUT2D eigenvalue weighted by molar-refractivity contribution is 6.01. The van der Waals surface area contributed by atoms with Crippen LogP contribution in [-0.2, 0) is 4.74 Å². The van der Waals surface area contributed by atoms with E-state index in [1.54, 1.807) is 0 Å². The Morgan fingerprint density at radius 3 is 2.56 bits per heavy atom. The summed E-state index contributed by atoms with van der Waals surface area (Å²) in [6, 6.07) is 4.07. The zero-order valence-electron chi connectivity index (χ0n) is 11.6. The minimum Gasteiger partial charge on any atom is -0.367 e. The lowest BCUT2D eigenvalue weighted by Crippen LogP contribution is -2.44. The van der Waals surface area contributed by atoms with Crippen LogP contribution in [0.1, 0.15) is 27.0 Å². The molecule has 0 amide bonds. The van der Waals surface area contributed by atoms with Crippen LogP contribution in [0.3, 0.4) is 0 Å². The van der Waals surface area contributed by atoms with Crippen LogP contribution in [0, 0.1) is 20.8 Å². The van der Waals surface area contributed by atoms with Crippen molar-refractivity contribution < 1.29 is 9.53 Å². The van der Waals surface area contributed by atoms with Gasteiger partial charge in [-0.3, -0.25) is 4.79 Å². The molecule has 0 N–H and O–H groups in total. The summed E-state index contributed by atoms with van der Waals surface area (Å²) in [5.74, 6) is 0.113. The summed E-state index contributed by atoms with van der Waals surface area (Å²) < 4.78 is 5.60. The number of carbonyl (C=O) groups excluding carboxylic acids is 1. The van der Waals surface area contributed by atoms with Crippen molar-refractivity contribution in [2.45, 2.75) is 26.9 Å². The normalized spacial score (nSPS) is 21.0. The minimum absolute atomic E-state index is 0.113. The van der Waals surface area contributed by atoms with E-state index in [1.165, 1.54) is 5.56 Å². The molecule has 1 fully saturated rings. The summed E-state index contributed by atoms with van der Waals surface area (Å²) in [4.78, 5) is 14.6. The Bertz CT molecular complexity index is 468. The molecular formula is C15H21NO2. The van der Waals surface area contributed by atoms with E-state index in [9.17, 15) is 4.79 Å². The number of morpholine rings is 1. The predicted molar refractivity (Wildman–Crippen MR) is 72.2 cm³/mol. The minimum atomic E-state index is -0.315. The fourth-order valence-electron chi connectivity index (χ4n) is 2.34. The van der Waals surface area contributed by atoms with Crippen molar-refractivity contribution in [1.29, 1.82) is 0 Å². The molecule has 1 aliphatic rings. The smallest absolute Gasteiger partial charge is 0.193 e. The standard InChI is InChI=1S/C15H21NO2/c1-10-7-12(3)13(8-11(10)2)15(17)14-9-16(4)5-6-18-14/h7-8,14H,5-6,9H2,1-4H3. The van der Waals surface area contributed by atoms with E-state index in [0.717, 1.165) is 23.2 Å². The van der Waals surface area contributed by atoms with Gasteiger partial charge in [-0.1, -0.05) is 6.07 Å². The van der Waals surface area contributed by atoms with Gasteiger partial charge in [0.1, 0.15) is 6.10 Å². The van der Waals surface area contributed by atoms with Crippen molar-refractivity contribution in [3.05, 3.63) is 34.4 Å². The number of nitrogens with zero attached hydrogens (tertiary/aromatic N) is 1. The third-order valence-electron chi connectivity index (χ3n) is 3.67. The SMILES string of the molecule is Cc1cc(C)c(C(=O)C2CN(C)CCO2)cc1C. The fraction of sp³-hybridized carbons (Fsp3) is 0.533. The van der Waals surface area contributed by atoms with E-state index < -0.39 is 0 Å². The summed E-state index contributed by atoms with van der Waals surface area (Å²) >= 11 is 0. The Balaban J connectivity index is 2.25. The van der Waals surface area contributed by atoms with E-state index in [4.69, 9.17) is 4.74 Å². The Labute approximate surface area is 109 Å². The molecule has 98 valence electrons. The Hall–Kier alpha value is -1.19. The average molecular weight is 247 g/mol. The Morgan fingerprint density at radius 1 is 1.22 bits per heavy atom. The number of ether oxygens (including phenoxy) is 1. The zero-order chi connectivity index (χ0) is 13.3. The molecule has 0 radical (unpaired) electrons. The third kappa shape index (κ3) is 2.62. The van der Waals surface area contributed by atoms with Gasteiger partial charge in [0, 0.05) is 18.7 Å². The lowest BCUT2D eigenvalue weighted by molar-refractivity contribution is -0.00866. The van der Waals surface area contributed by atoms with Crippen LogP contribution in [0.25, 0.3) is 0 Å². The summed E-state index contributed by atoms with van der Waals surface area (Å²) in [5, 5.41) is 0. The topological polar surface area (TPSA) is 29.5 Å². The Morgan fingerprint density at radius 2 is 1.89 bits per heavy atom. The lowest BCUT2D eigenvalue weighted by Gasteiger charge is -2.29. The molecular weight excluding hydrogens is 226 g/mol. The van der Waals surface area contributed by atoms with Gasteiger partial charge in [0.25, 0.3) is 0 Å². The Kier molecular flexibility index (Phi) is 3.83. The van der Waals surface area contributed by atoms with Gasteiger partial charge >= 0.3 is 0 Å². The van der Waals surface area contributed by atoms with Crippen LogP contribution >= 0.6 is 0 Å². The molecule has 1 aliphatic heterocycles. The molecule has 0 aliphatic carbocycles. The van der Waals surface area contributed by atoms with Gasteiger partial charge in [-0.2, -0.15) is 0 Å². The molecule has 1 atom stereocenters. The second-order valence-electron chi connectivity index (χ2n) is 5.24. The quantitative estimate of drug-likeness (QED) is 0.750. The van der Waals surface area contributed by atoms with Crippen LogP contribution in [-0.4, -0.2) is 43.5 Å². The second kappa shape index (κ2) is 5.21. The number of hydrogen-bond acceptors (Lipinski definition) is 3. The van der Waals surface area contributed by atoms with Gasteiger partial charge in [-0.15, -0.1) is 0 Å². The number of aryl methyl sites for hydroxylation is 3. The van der Waals surface area contributed by atoms with Crippen molar-refractivity contribution in [2.24, 2.45) is 0 Å². The van der Waals surface area contributed by atoms with Crippen molar-refractivity contribution in [3.63, 3.8) is 0 Å². The van der Waals surface area contributed by atoms with Crippen LogP contribution in [0.4, 0.5) is 0 Å². The molecule has 1 saturated heterocycles. The molecule has 1 unspecified atom stereocenters. The van der Waals surface area contributed by atoms with E-state index in [-0.39, 0.29) is 11.9 Å². The van der Waals surface area contributed by atoms with Crippen LogP contribution in [0.15, 0.2) is 12.1 Å². The second-order valence-corrected chi connectivity index (χ2v) is 5.24. The zero-order valence-corrected chi connectivity index (χ0v) is 11.6. The summed E-state index contributed by atoms with van der Waals surface area (Å²) in [5.41, 5.74) is 4.23. The van der Waals surface area contributed by atoms with Gasteiger partial charge in [0.05, 0.1) is 6.61 Å². The monoisotopic (exact) mass is 247 g/mol. The van der Waals surface area contributed by atoms with Crippen LogP contribution < -0.4 is 0 Å². The van der Waals surface area contributed by atoms with Gasteiger partial charge in [0.2, 0.25) is 0 Å². The van der Waals surface area contributed by atoms with Crippen molar-refractivity contribution in [2.75, 3.05) is 26.7 Å². The first-order chi connectivity index (χ1) is 8.49. The molecule has 0 bridgehead atoms. The van der Waals surface area contributed by atoms with Gasteiger partial charge < -0.3 is 9.64 Å². The maximum absolute atomic E-state index is 12.5. The van der Waals surface area contributed by atoms with E-state index >= 15 is 0 Å². The van der Waals surface area contributed by atoms with Crippen LogP contribution in [0.2, 0.25) is 0 Å². The number of likely N-dealkylation sites (N-methyl/N-ethyl adjacent to an activating group) is 1. The molecule has 1 aromatic rings. The number of carbonyl (C=O) groups is 1. The molecule has 18 heavy (non-hydrogen) atoms. The fourth-order valence-corrected chi connectivity index (χ4v) is 2.34. The average Bonchev–Trinajstić information content (AvgIpc) is 2.33. The first-order valence-corrected chi connectivity index (χ1v) is 6.41. The van der Waals surface area contributed by atoms with E-state index in [0.29, 0.717) is 13.2 Å². The number of rotatable bonds is 2. The van der Waals surface area contributed by atoms with Crippen LogP contribution in [0.5, 0.6) is 0 Å². The highest BCUT2D eigenvalue weighted by Gasteiger charge is 2.26. The maximum atomic E-state index is 12.5. The summed E-state index contributed by atoms with van der Waals surface area (Å²) in [7, 11) is 2.02. The van der Waals surface area contributed by atoms with Gasteiger partial charge in [-0.05, 0) is 50.6 Å². The lowest BCUT2D eigenvalue weighted by atomic mass is 9.95. The van der Waals surface area contributed by atoms with Crippen molar-refractivity contribution >= 4 is 5.78 Å². The molecule has 1 heterocycles. The van der Waals surface area contributed by atoms with Gasteiger partial charge in [0.15, 0.2) is 5.78 Å². The maximum Gasteiger partial charge on any atom is 0.193 e. The first-order valence-electron chi connectivity index (χ1n) is 6.41. The van der Waals surface area contributed by atoms with Gasteiger partial charge in [-0.25, -0.2) is 0 Å². The summed E-state index contributed by atoms with van der Waals surface area (Å²) in [6.07, 6.45) is -0.315. The molecule has 0 aromatic heterocycles. The van der Waals surface area contributed by atoms with Crippen molar-refractivity contribution in [3.8, 4) is 0 Å².